The van der Waals surface area contributed by atoms with Crippen molar-refractivity contribution >= 4 is 23.8 Å². The summed E-state index contributed by atoms with van der Waals surface area (Å²) in [7, 11) is 2.05. The molecule has 0 spiro atoms. The van der Waals surface area contributed by atoms with Gasteiger partial charge in [0.1, 0.15) is 12.2 Å². The fourth-order valence-electron chi connectivity index (χ4n) is 5.71. The highest BCUT2D eigenvalue weighted by molar-refractivity contribution is 5.71. The first-order valence-corrected chi connectivity index (χ1v) is 15.1. The molecule has 9 heteroatoms. The molecule has 3 aliphatic rings. The molecule has 1 amide bonds. The largest absolute Gasteiger partial charge is 0.457 e. The van der Waals surface area contributed by atoms with Crippen LogP contribution in [0.3, 0.4) is 0 Å². The second-order valence-corrected chi connectivity index (χ2v) is 11.9. The van der Waals surface area contributed by atoms with Crippen LogP contribution in [0.15, 0.2) is 42.0 Å². The Morgan fingerprint density at radius 3 is 2.54 bits per heavy atom. The summed E-state index contributed by atoms with van der Waals surface area (Å²) >= 11 is 0. The Bertz CT molecular complexity index is 1080. The van der Waals surface area contributed by atoms with Gasteiger partial charge in [-0.3, -0.25) is 4.79 Å². The number of nitrogens with one attached hydrogen (secondary N) is 1. The van der Waals surface area contributed by atoms with Crippen LogP contribution in [0.5, 0.6) is 0 Å². The number of likely N-dealkylation sites (N-methyl/N-ethyl adjacent to an activating group) is 1. The summed E-state index contributed by atoms with van der Waals surface area (Å²) < 4.78 is 12.0. The normalized spacial score (nSPS) is 30.1. The number of aliphatic hydroxyl groups excluding tert-OH is 1. The first kappa shape index (κ1) is 31.1. The van der Waals surface area contributed by atoms with Crippen molar-refractivity contribution in [3.8, 4) is 0 Å². The number of benzene rings is 1. The average Bonchev–Trinajstić information content (AvgIpc) is 2.97. The number of ether oxygens (including phenoxy) is 2. The highest BCUT2D eigenvalue weighted by atomic mass is 16.6. The number of amides is 1. The van der Waals surface area contributed by atoms with Crippen LogP contribution < -0.4 is 10.2 Å². The van der Waals surface area contributed by atoms with E-state index in [0.717, 1.165) is 50.4 Å². The van der Waals surface area contributed by atoms with Crippen LogP contribution >= 0.6 is 0 Å². The molecule has 0 unspecified atom stereocenters. The smallest absolute Gasteiger partial charge is 0.410 e. The quantitative estimate of drug-likeness (QED) is 0.421. The molecule has 2 fully saturated rings. The van der Waals surface area contributed by atoms with E-state index < -0.39 is 24.3 Å². The van der Waals surface area contributed by atoms with E-state index in [1.807, 2.05) is 32.9 Å². The van der Waals surface area contributed by atoms with Gasteiger partial charge in [-0.05, 0) is 62.1 Å². The fraction of sp³-hybridized carbons (Fsp3) is 0.625. The zero-order chi connectivity index (χ0) is 29.4. The average molecular weight is 569 g/mol. The van der Waals surface area contributed by atoms with Gasteiger partial charge in [-0.15, -0.1) is 0 Å². The lowest BCUT2D eigenvalue weighted by molar-refractivity contribution is -0.151. The van der Waals surface area contributed by atoms with Gasteiger partial charge < -0.3 is 34.6 Å². The minimum absolute atomic E-state index is 0.0113. The van der Waals surface area contributed by atoms with E-state index in [1.165, 1.54) is 5.69 Å². The van der Waals surface area contributed by atoms with Crippen molar-refractivity contribution < 1.29 is 24.2 Å². The number of anilines is 1. The number of aliphatic hydroxyl groups is 1. The third-order valence-corrected chi connectivity index (χ3v) is 8.45. The molecule has 1 aromatic carbocycles. The molecule has 226 valence electrons. The van der Waals surface area contributed by atoms with Crippen LogP contribution in [0.4, 0.5) is 10.5 Å². The van der Waals surface area contributed by atoms with Gasteiger partial charge in [-0.25, -0.2) is 4.79 Å². The molecule has 9 nitrogen and oxygen atoms in total. The molecule has 2 N–H and O–H groups in total. The molecular formula is C32H48N4O5. The van der Waals surface area contributed by atoms with Gasteiger partial charge in [0.05, 0.1) is 12.5 Å². The topological polar surface area (TPSA) is 94.6 Å². The predicted molar refractivity (Wildman–Crippen MR) is 162 cm³/mol. The Kier molecular flexibility index (Phi) is 11.2. The lowest BCUT2D eigenvalue weighted by atomic mass is 9.91. The van der Waals surface area contributed by atoms with E-state index in [9.17, 15) is 14.7 Å². The van der Waals surface area contributed by atoms with Crippen molar-refractivity contribution in [1.82, 2.24) is 15.1 Å². The summed E-state index contributed by atoms with van der Waals surface area (Å²) in [6, 6.07) is 8.42. The van der Waals surface area contributed by atoms with E-state index in [2.05, 4.69) is 52.5 Å². The number of piperazine rings is 2. The van der Waals surface area contributed by atoms with Gasteiger partial charge >= 0.3 is 12.1 Å². The highest BCUT2D eigenvalue weighted by Crippen LogP contribution is 2.27. The van der Waals surface area contributed by atoms with Crippen molar-refractivity contribution in [1.29, 1.82) is 0 Å². The Morgan fingerprint density at radius 1 is 1.07 bits per heavy atom. The second-order valence-electron chi connectivity index (χ2n) is 11.9. The molecular weight excluding hydrogens is 520 g/mol. The molecule has 1 aromatic rings. The number of cyclic esters (lactones) is 1. The van der Waals surface area contributed by atoms with Gasteiger partial charge in [-0.2, -0.15) is 0 Å². The fourth-order valence-corrected chi connectivity index (χ4v) is 5.71. The van der Waals surface area contributed by atoms with E-state index in [1.54, 1.807) is 4.90 Å². The third kappa shape index (κ3) is 9.05. The number of hydrogen-bond donors (Lipinski definition) is 2. The molecule has 0 bridgehead atoms. The standard InChI is InChI=1S/C32H48N4O5/c1-23-8-10-28(37)22-30(38)41-31(24(2)9-11-29(23)40-32(39)36-18-16-34(4)17-19-36)25(3)20-26-6-5-7-27(21-26)35-14-12-33-13-15-35/h5-7,9,11,20-21,23-24,28-29,31,33,37H,8,10,12-19,22H2,1-4H3/b11-9+,25-20+/t23-,24-,28+,29+,31-/m0/s1. The number of rotatable bonds is 4. The maximum atomic E-state index is 13.0. The van der Waals surface area contributed by atoms with Gasteiger partial charge in [0.15, 0.2) is 0 Å². The summed E-state index contributed by atoms with van der Waals surface area (Å²) in [4.78, 5) is 32.2. The van der Waals surface area contributed by atoms with Crippen molar-refractivity contribution in [2.75, 3.05) is 64.3 Å². The SMILES string of the molecule is C/C(=C\c1cccc(N2CCNCC2)c1)[C@H]1OC(=O)C[C@H](O)CC[C@H](C)[C@H](OC(=O)N2CCN(C)CC2)/C=C/[C@@H]1C. The van der Waals surface area contributed by atoms with Crippen LogP contribution in [0.25, 0.3) is 6.08 Å². The number of carbonyl (C=O) groups is 2. The van der Waals surface area contributed by atoms with Crippen LogP contribution in [0.2, 0.25) is 0 Å². The summed E-state index contributed by atoms with van der Waals surface area (Å²) in [5.41, 5.74) is 3.14. The van der Waals surface area contributed by atoms with Crippen molar-refractivity contribution in [3.63, 3.8) is 0 Å². The molecule has 0 radical (unpaired) electrons. The van der Waals surface area contributed by atoms with E-state index >= 15 is 0 Å². The molecule has 0 saturated carbocycles. The first-order chi connectivity index (χ1) is 19.7. The molecule has 3 heterocycles. The highest BCUT2D eigenvalue weighted by Gasteiger charge is 2.29. The predicted octanol–water partition coefficient (Wildman–Crippen LogP) is 3.54. The molecule has 5 atom stereocenters. The Morgan fingerprint density at radius 2 is 1.80 bits per heavy atom. The number of nitrogens with zero attached hydrogens (tertiary/aromatic N) is 3. The molecule has 4 rings (SSSR count). The van der Waals surface area contributed by atoms with Crippen LogP contribution in [-0.4, -0.2) is 105 Å². The zero-order valence-corrected chi connectivity index (χ0v) is 25.1. The minimum atomic E-state index is -0.807. The minimum Gasteiger partial charge on any atom is -0.457 e. The lowest BCUT2D eigenvalue weighted by Crippen LogP contribution is -2.48. The van der Waals surface area contributed by atoms with Crippen LogP contribution in [0, 0.1) is 11.8 Å². The number of hydrogen-bond acceptors (Lipinski definition) is 8. The molecule has 0 aromatic heterocycles. The summed E-state index contributed by atoms with van der Waals surface area (Å²) in [6.07, 6.45) is 4.95. The van der Waals surface area contributed by atoms with E-state index in [-0.39, 0.29) is 24.3 Å². The Labute approximate surface area is 245 Å². The maximum absolute atomic E-state index is 13.0. The second kappa shape index (κ2) is 14.8. The van der Waals surface area contributed by atoms with Crippen LogP contribution in [-0.2, 0) is 14.3 Å². The molecule has 41 heavy (non-hydrogen) atoms. The van der Waals surface area contributed by atoms with Crippen molar-refractivity contribution in [2.45, 2.75) is 58.3 Å². The van der Waals surface area contributed by atoms with Gasteiger partial charge in [0, 0.05) is 64.0 Å². The van der Waals surface area contributed by atoms with Gasteiger partial charge in [-0.1, -0.05) is 38.1 Å². The lowest BCUT2D eigenvalue weighted by Gasteiger charge is -2.33. The monoisotopic (exact) mass is 568 g/mol. The van der Waals surface area contributed by atoms with E-state index in [4.69, 9.17) is 9.47 Å². The molecule has 0 aliphatic carbocycles. The first-order valence-electron chi connectivity index (χ1n) is 15.1. The third-order valence-electron chi connectivity index (χ3n) is 8.45. The molecule has 3 aliphatic heterocycles. The van der Waals surface area contributed by atoms with Crippen molar-refractivity contribution in [3.05, 3.63) is 47.6 Å². The number of carbonyl (C=O) groups excluding carboxylic acids is 2. The van der Waals surface area contributed by atoms with Crippen molar-refractivity contribution in [2.24, 2.45) is 11.8 Å². The number of esters is 1. The zero-order valence-electron chi connectivity index (χ0n) is 25.1. The maximum Gasteiger partial charge on any atom is 0.410 e. The molecule has 2 saturated heterocycles. The van der Waals surface area contributed by atoms with Gasteiger partial charge in [0.2, 0.25) is 0 Å². The van der Waals surface area contributed by atoms with Gasteiger partial charge in [0.25, 0.3) is 0 Å². The summed E-state index contributed by atoms with van der Waals surface area (Å²) in [5, 5.41) is 14.0. The Hall–Kier alpha value is -2.88. The summed E-state index contributed by atoms with van der Waals surface area (Å²) in [5.74, 6) is -0.584. The van der Waals surface area contributed by atoms with E-state index in [0.29, 0.717) is 25.9 Å². The Balaban J connectivity index is 1.53. The van der Waals surface area contributed by atoms with Crippen LogP contribution in [0.1, 0.15) is 45.6 Å². The summed E-state index contributed by atoms with van der Waals surface area (Å²) in [6.45, 7) is 12.8.